The molecule has 0 saturated heterocycles. The first-order chi connectivity index (χ1) is 11.5. The van der Waals surface area contributed by atoms with Gasteiger partial charge in [0.25, 0.3) is 0 Å². The molecule has 0 saturated carbocycles. The van der Waals surface area contributed by atoms with E-state index in [1.54, 1.807) is 6.07 Å². The van der Waals surface area contributed by atoms with Crippen molar-refractivity contribution in [3.63, 3.8) is 0 Å². The van der Waals surface area contributed by atoms with Gasteiger partial charge in [-0.15, -0.1) is 0 Å². The van der Waals surface area contributed by atoms with Crippen LogP contribution in [-0.4, -0.2) is 21.6 Å². The van der Waals surface area contributed by atoms with E-state index in [1.807, 2.05) is 44.2 Å². The quantitative estimate of drug-likeness (QED) is 0.546. The summed E-state index contributed by atoms with van der Waals surface area (Å²) in [7, 11) is 0. The zero-order valence-corrected chi connectivity index (χ0v) is 14.3. The third kappa shape index (κ3) is 3.86. The van der Waals surface area contributed by atoms with Crippen LogP contribution in [0.1, 0.15) is 24.4 Å². The first-order valence-electron chi connectivity index (χ1n) is 7.53. The second-order valence-corrected chi connectivity index (χ2v) is 6.42. The van der Waals surface area contributed by atoms with Crippen molar-refractivity contribution in [2.75, 3.05) is 11.5 Å². The molecule has 0 fully saturated rings. The highest BCUT2D eigenvalue weighted by atomic mass is 32.2. The summed E-state index contributed by atoms with van der Waals surface area (Å²) < 4.78 is 5.76. The zero-order chi connectivity index (χ0) is 17.1. The van der Waals surface area contributed by atoms with Gasteiger partial charge < -0.3 is 15.5 Å². The summed E-state index contributed by atoms with van der Waals surface area (Å²) in [6.45, 7) is 3.73. The minimum atomic E-state index is -0.214. The first-order valence-corrected chi connectivity index (χ1v) is 8.51. The van der Waals surface area contributed by atoms with Crippen LogP contribution in [0.2, 0.25) is 0 Å². The van der Waals surface area contributed by atoms with Crippen molar-refractivity contribution in [2.24, 2.45) is 0 Å². The van der Waals surface area contributed by atoms with E-state index in [2.05, 4.69) is 15.3 Å². The number of furan rings is 1. The number of hydrogen-bond acceptors (Lipinski definition) is 6. The number of benzene rings is 1. The lowest BCUT2D eigenvalue weighted by atomic mass is 10.2. The maximum atomic E-state index is 12.1. The Balaban J connectivity index is 1.59. The molecule has 0 aliphatic rings. The summed E-state index contributed by atoms with van der Waals surface area (Å²) in [5.74, 6) is 1.23. The fourth-order valence-corrected chi connectivity index (χ4v) is 3.05. The number of nitrogens with two attached hydrogens (primary N) is 1. The standard InChI is InChI=1S/C17H18N4O2S/c1-10-7-15(18)21-17(19-10)24-9-16(22)20-11(2)14-8-12-5-3-4-6-13(12)23-14/h3-8,11H,9H2,1-2H3,(H,20,22)(H2,18,19,21)/t11-/m0/s1. The van der Waals surface area contributed by atoms with Crippen LogP contribution in [0.25, 0.3) is 11.0 Å². The fraction of sp³-hybridized carbons (Fsp3) is 0.235. The second-order valence-electron chi connectivity index (χ2n) is 5.48. The lowest BCUT2D eigenvalue weighted by Crippen LogP contribution is -2.28. The molecule has 0 radical (unpaired) electrons. The molecule has 0 unspecified atom stereocenters. The number of aryl methyl sites for hydroxylation is 1. The Morgan fingerprint density at radius 1 is 1.33 bits per heavy atom. The number of carbonyl (C=O) groups is 1. The number of aromatic nitrogens is 2. The van der Waals surface area contributed by atoms with E-state index in [1.165, 1.54) is 11.8 Å². The molecule has 0 bridgehead atoms. The van der Waals surface area contributed by atoms with Gasteiger partial charge in [-0.2, -0.15) is 0 Å². The molecule has 1 amide bonds. The van der Waals surface area contributed by atoms with Crippen molar-refractivity contribution in [2.45, 2.75) is 25.0 Å². The number of para-hydroxylation sites is 1. The van der Waals surface area contributed by atoms with Crippen LogP contribution >= 0.6 is 11.8 Å². The Morgan fingerprint density at radius 3 is 2.88 bits per heavy atom. The minimum Gasteiger partial charge on any atom is -0.459 e. The predicted octanol–water partition coefficient (Wildman–Crippen LogP) is 3.08. The van der Waals surface area contributed by atoms with Crippen LogP contribution in [0, 0.1) is 6.92 Å². The normalized spacial score (nSPS) is 12.2. The van der Waals surface area contributed by atoms with Crippen molar-refractivity contribution >= 4 is 34.5 Å². The number of rotatable bonds is 5. The summed E-state index contributed by atoms with van der Waals surface area (Å²) in [6.07, 6.45) is 0. The van der Waals surface area contributed by atoms with E-state index in [4.69, 9.17) is 10.2 Å². The van der Waals surface area contributed by atoms with Crippen LogP contribution in [0.3, 0.4) is 0 Å². The van der Waals surface area contributed by atoms with Crippen molar-refractivity contribution < 1.29 is 9.21 Å². The Morgan fingerprint density at radius 2 is 2.12 bits per heavy atom. The number of nitrogens with zero attached hydrogens (tertiary/aromatic N) is 2. The van der Waals surface area contributed by atoms with Gasteiger partial charge in [0.1, 0.15) is 17.2 Å². The van der Waals surface area contributed by atoms with Crippen LogP contribution < -0.4 is 11.1 Å². The van der Waals surface area contributed by atoms with Crippen molar-refractivity contribution in [1.82, 2.24) is 15.3 Å². The zero-order valence-electron chi connectivity index (χ0n) is 13.4. The average Bonchev–Trinajstić information content (AvgIpc) is 2.96. The molecule has 3 N–H and O–H groups in total. The maximum absolute atomic E-state index is 12.1. The number of nitrogens with one attached hydrogen (secondary N) is 1. The Bertz CT molecular complexity index is 825. The van der Waals surface area contributed by atoms with Crippen LogP contribution in [0.15, 0.2) is 46.0 Å². The van der Waals surface area contributed by atoms with Gasteiger partial charge in [-0.25, -0.2) is 9.97 Å². The molecule has 2 aromatic heterocycles. The van der Waals surface area contributed by atoms with E-state index >= 15 is 0 Å². The molecule has 3 rings (SSSR count). The van der Waals surface area contributed by atoms with Crippen molar-refractivity contribution in [3.05, 3.63) is 47.9 Å². The number of carbonyl (C=O) groups excluding carboxylic acids is 1. The number of nitrogen functional groups attached to an aromatic ring is 1. The van der Waals surface area contributed by atoms with Gasteiger partial charge in [-0.05, 0) is 26.0 Å². The van der Waals surface area contributed by atoms with Crippen molar-refractivity contribution in [3.8, 4) is 0 Å². The Labute approximate surface area is 143 Å². The van der Waals surface area contributed by atoms with Crippen molar-refractivity contribution in [1.29, 1.82) is 0 Å². The second kappa shape index (κ2) is 6.92. The summed E-state index contributed by atoms with van der Waals surface area (Å²) in [4.78, 5) is 20.5. The molecular formula is C17H18N4O2S. The molecule has 7 heteroatoms. The number of thioether (sulfide) groups is 1. The molecule has 0 spiro atoms. The van der Waals surface area contributed by atoms with Gasteiger partial charge in [0.05, 0.1) is 11.8 Å². The van der Waals surface area contributed by atoms with Gasteiger partial charge in [0.2, 0.25) is 5.91 Å². The molecule has 24 heavy (non-hydrogen) atoms. The van der Waals surface area contributed by atoms with Gasteiger partial charge in [0.15, 0.2) is 5.16 Å². The largest absolute Gasteiger partial charge is 0.459 e. The van der Waals surface area contributed by atoms with Crippen LogP contribution in [-0.2, 0) is 4.79 Å². The first kappa shape index (κ1) is 16.3. The van der Waals surface area contributed by atoms with E-state index in [0.29, 0.717) is 11.0 Å². The molecule has 124 valence electrons. The van der Waals surface area contributed by atoms with Gasteiger partial charge in [0, 0.05) is 17.1 Å². The SMILES string of the molecule is Cc1cc(N)nc(SCC(=O)N[C@@H](C)c2cc3ccccc3o2)n1. The van der Waals surface area contributed by atoms with E-state index < -0.39 is 0 Å². The summed E-state index contributed by atoms with van der Waals surface area (Å²) in [6, 6.07) is 11.2. The lowest BCUT2D eigenvalue weighted by molar-refractivity contribution is -0.119. The third-order valence-corrected chi connectivity index (χ3v) is 4.28. The number of fused-ring (bicyclic) bond motifs is 1. The topological polar surface area (TPSA) is 94.0 Å². The van der Waals surface area contributed by atoms with E-state index in [9.17, 15) is 4.79 Å². The smallest absolute Gasteiger partial charge is 0.231 e. The highest BCUT2D eigenvalue weighted by molar-refractivity contribution is 7.99. The molecule has 0 aliphatic carbocycles. The molecule has 1 aromatic carbocycles. The Hall–Kier alpha value is -2.54. The van der Waals surface area contributed by atoms with Gasteiger partial charge in [-0.1, -0.05) is 30.0 Å². The monoisotopic (exact) mass is 342 g/mol. The van der Waals surface area contributed by atoms with E-state index in [0.717, 1.165) is 22.4 Å². The van der Waals surface area contributed by atoms with Crippen LogP contribution in [0.4, 0.5) is 5.82 Å². The third-order valence-electron chi connectivity index (χ3n) is 3.43. The summed E-state index contributed by atoms with van der Waals surface area (Å²) in [5, 5.41) is 4.44. The maximum Gasteiger partial charge on any atom is 0.231 e. The number of anilines is 1. The number of amides is 1. The molecule has 3 aromatic rings. The number of hydrogen-bond donors (Lipinski definition) is 2. The van der Waals surface area contributed by atoms with E-state index in [-0.39, 0.29) is 17.7 Å². The lowest BCUT2D eigenvalue weighted by Gasteiger charge is -2.11. The highest BCUT2D eigenvalue weighted by Crippen LogP contribution is 2.23. The summed E-state index contributed by atoms with van der Waals surface area (Å²) >= 11 is 1.25. The minimum absolute atomic E-state index is 0.114. The molecule has 1 atom stereocenters. The van der Waals surface area contributed by atoms with Crippen LogP contribution in [0.5, 0.6) is 0 Å². The fourth-order valence-electron chi connectivity index (χ4n) is 2.33. The predicted molar refractivity (Wildman–Crippen MR) is 94.7 cm³/mol. The highest BCUT2D eigenvalue weighted by Gasteiger charge is 2.15. The molecular weight excluding hydrogens is 324 g/mol. The van der Waals surface area contributed by atoms with Gasteiger partial charge >= 0.3 is 0 Å². The summed E-state index contributed by atoms with van der Waals surface area (Å²) in [5.41, 5.74) is 7.27. The molecule has 0 aliphatic heterocycles. The van der Waals surface area contributed by atoms with Gasteiger partial charge in [-0.3, -0.25) is 4.79 Å². The molecule has 2 heterocycles. The average molecular weight is 342 g/mol. The Kier molecular flexibility index (Phi) is 4.71. The molecule has 6 nitrogen and oxygen atoms in total.